The molecule has 2 aromatic rings. The second-order valence-electron chi connectivity index (χ2n) is 4.86. The van der Waals surface area contributed by atoms with E-state index in [4.69, 9.17) is 9.47 Å². The number of methoxy groups -OCH3 is 2. The second kappa shape index (κ2) is 9.72. The molecule has 0 saturated carbocycles. The molecule has 24 heavy (non-hydrogen) atoms. The zero-order valence-electron chi connectivity index (χ0n) is 14.2. The monoisotopic (exact) mass is 345 g/mol. The molecule has 0 bridgehead atoms. The number of hydrogen-bond donors (Lipinski definition) is 2. The zero-order valence-corrected chi connectivity index (χ0v) is 15.0. The van der Waals surface area contributed by atoms with E-state index in [1.165, 1.54) is 4.90 Å². The van der Waals surface area contributed by atoms with Crippen LogP contribution in [0.25, 0.3) is 0 Å². The maximum atomic E-state index is 5.31. The number of aliphatic imine (C=N–C) groups is 1. The highest BCUT2D eigenvalue weighted by molar-refractivity contribution is 7.99. The van der Waals surface area contributed by atoms with Crippen molar-refractivity contribution in [2.45, 2.75) is 4.90 Å². The minimum Gasteiger partial charge on any atom is -0.493 e. The van der Waals surface area contributed by atoms with Crippen molar-refractivity contribution in [1.29, 1.82) is 0 Å². The van der Waals surface area contributed by atoms with E-state index >= 15 is 0 Å². The number of hydrogen-bond acceptors (Lipinski definition) is 4. The fraction of sp³-hybridized carbons (Fsp3) is 0.278. The topological polar surface area (TPSA) is 54.9 Å². The molecule has 0 aliphatic heterocycles. The molecule has 6 heteroatoms. The molecule has 2 aromatic carbocycles. The van der Waals surface area contributed by atoms with Crippen LogP contribution in [0.1, 0.15) is 0 Å². The molecule has 0 spiro atoms. The van der Waals surface area contributed by atoms with Crippen LogP contribution in [0.5, 0.6) is 11.5 Å². The minimum absolute atomic E-state index is 0.678. The molecule has 0 saturated heterocycles. The zero-order chi connectivity index (χ0) is 17.2. The lowest BCUT2D eigenvalue weighted by molar-refractivity contribution is 0.355. The van der Waals surface area contributed by atoms with E-state index in [1.807, 2.05) is 48.2 Å². The molecule has 5 nitrogen and oxygen atoms in total. The summed E-state index contributed by atoms with van der Waals surface area (Å²) in [6.07, 6.45) is 0. The van der Waals surface area contributed by atoms with E-state index in [-0.39, 0.29) is 0 Å². The predicted octanol–water partition coefficient (Wildman–Crippen LogP) is 3.48. The van der Waals surface area contributed by atoms with Gasteiger partial charge in [0.25, 0.3) is 0 Å². The molecular formula is C18H23N3O2S. The fourth-order valence-corrected chi connectivity index (χ4v) is 2.87. The van der Waals surface area contributed by atoms with Gasteiger partial charge in [0.15, 0.2) is 17.5 Å². The van der Waals surface area contributed by atoms with Gasteiger partial charge in [0.1, 0.15) is 0 Å². The Morgan fingerprint density at radius 2 is 1.79 bits per heavy atom. The first-order valence-electron chi connectivity index (χ1n) is 7.64. The fourth-order valence-electron chi connectivity index (χ4n) is 2.08. The highest BCUT2D eigenvalue weighted by Gasteiger charge is 2.06. The summed E-state index contributed by atoms with van der Waals surface area (Å²) < 4.78 is 10.6. The Bertz CT molecular complexity index is 663. The molecule has 2 N–H and O–H groups in total. The first kappa shape index (κ1) is 18.0. The van der Waals surface area contributed by atoms with E-state index in [0.29, 0.717) is 11.5 Å². The molecule has 0 amide bonds. The first-order valence-corrected chi connectivity index (χ1v) is 8.63. The molecule has 0 atom stereocenters. The second-order valence-corrected chi connectivity index (χ2v) is 6.02. The molecule has 0 aliphatic rings. The Morgan fingerprint density at radius 1 is 1.04 bits per heavy atom. The largest absolute Gasteiger partial charge is 0.493 e. The third-order valence-corrected chi connectivity index (χ3v) is 4.29. The Hall–Kier alpha value is -2.34. The van der Waals surface area contributed by atoms with E-state index in [0.717, 1.165) is 23.9 Å². The number of anilines is 1. The molecule has 0 radical (unpaired) electrons. The predicted molar refractivity (Wildman–Crippen MR) is 102 cm³/mol. The summed E-state index contributed by atoms with van der Waals surface area (Å²) in [6, 6.07) is 16.0. The molecule has 2 rings (SSSR count). The summed E-state index contributed by atoms with van der Waals surface area (Å²) in [6.45, 7) is 0.812. The van der Waals surface area contributed by atoms with Gasteiger partial charge in [0, 0.05) is 36.0 Å². The summed E-state index contributed by atoms with van der Waals surface area (Å²) in [5, 5.41) is 6.55. The van der Waals surface area contributed by atoms with Gasteiger partial charge in [-0.2, -0.15) is 0 Å². The molecular weight excluding hydrogens is 322 g/mol. The van der Waals surface area contributed by atoms with Crippen molar-refractivity contribution in [2.24, 2.45) is 4.99 Å². The lowest BCUT2D eigenvalue weighted by Crippen LogP contribution is -2.32. The van der Waals surface area contributed by atoms with Crippen LogP contribution in [0.3, 0.4) is 0 Å². The third-order valence-electron chi connectivity index (χ3n) is 3.28. The third kappa shape index (κ3) is 5.38. The van der Waals surface area contributed by atoms with Gasteiger partial charge in [0.05, 0.1) is 14.2 Å². The van der Waals surface area contributed by atoms with Crippen LogP contribution in [-0.2, 0) is 0 Å². The van der Waals surface area contributed by atoms with Gasteiger partial charge >= 0.3 is 0 Å². The highest BCUT2D eigenvalue weighted by Crippen LogP contribution is 2.29. The SMILES string of the molecule is CN=C(NCCSc1ccccc1)Nc1ccc(OC)c(OC)c1. The number of nitrogens with zero attached hydrogens (tertiary/aromatic N) is 1. The van der Waals surface area contributed by atoms with Crippen molar-refractivity contribution in [2.75, 3.05) is 38.9 Å². The summed E-state index contributed by atoms with van der Waals surface area (Å²) in [5.74, 6) is 3.05. The Labute approximate surface area is 147 Å². The van der Waals surface area contributed by atoms with Crippen LogP contribution in [0.2, 0.25) is 0 Å². The summed E-state index contributed by atoms with van der Waals surface area (Å²) >= 11 is 1.81. The molecule has 0 fully saturated rings. The van der Waals surface area contributed by atoms with Crippen LogP contribution < -0.4 is 20.1 Å². The quantitative estimate of drug-likeness (QED) is 0.348. The van der Waals surface area contributed by atoms with E-state index in [2.05, 4.69) is 27.8 Å². The van der Waals surface area contributed by atoms with E-state index in [1.54, 1.807) is 21.3 Å². The lowest BCUT2D eigenvalue weighted by Gasteiger charge is -2.14. The summed E-state index contributed by atoms with van der Waals surface area (Å²) in [4.78, 5) is 5.50. The van der Waals surface area contributed by atoms with Crippen molar-refractivity contribution < 1.29 is 9.47 Å². The molecule has 128 valence electrons. The van der Waals surface area contributed by atoms with Crippen LogP contribution in [0, 0.1) is 0 Å². The van der Waals surface area contributed by atoms with E-state index in [9.17, 15) is 0 Å². The van der Waals surface area contributed by atoms with Gasteiger partial charge in [-0.15, -0.1) is 11.8 Å². The smallest absolute Gasteiger partial charge is 0.195 e. The molecule has 0 aromatic heterocycles. The van der Waals surface area contributed by atoms with Crippen molar-refractivity contribution >= 4 is 23.4 Å². The molecule has 0 unspecified atom stereocenters. The van der Waals surface area contributed by atoms with Crippen LogP contribution in [0.4, 0.5) is 5.69 Å². The summed E-state index contributed by atoms with van der Waals surface area (Å²) in [5.41, 5.74) is 0.886. The summed E-state index contributed by atoms with van der Waals surface area (Å²) in [7, 11) is 4.99. The lowest BCUT2D eigenvalue weighted by atomic mass is 10.3. The van der Waals surface area contributed by atoms with E-state index < -0.39 is 0 Å². The van der Waals surface area contributed by atoms with Gasteiger partial charge < -0.3 is 20.1 Å². The Morgan fingerprint density at radius 3 is 2.46 bits per heavy atom. The Balaban J connectivity index is 1.84. The number of nitrogens with one attached hydrogen (secondary N) is 2. The van der Waals surface area contributed by atoms with Crippen LogP contribution in [-0.4, -0.2) is 39.5 Å². The maximum absolute atomic E-state index is 5.31. The first-order chi connectivity index (χ1) is 11.8. The van der Waals surface area contributed by atoms with Crippen molar-refractivity contribution in [1.82, 2.24) is 5.32 Å². The highest BCUT2D eigenvalue weighted by atomic mass is 32.2. The molecule has 0 heterocycles. The van der Waals surface area contributed by atoms with Crippen molar-refractivity contribution in [3.05, 3.63) is 48.5 Å². The van der Waals surface area contributed by atoms with Crippen LogP contribution in [0.15, 0.2) is 58.4 Å². The normalized spacial score (nSPS) is 11.0. The standard InChI is InChI=1S/C18H23N3O2S/c1-19-18(20-11-12-24-15-7-5-4-6-8-15)21-14-9-10-16(22-2)17(13-14)23-3/h4-10,13H,11-12H2,1-3H3,(H2,19,20,21). The van der Waals surface area contributed by atoms with Gasteiger partial charge in [0.2, 0.25) is 0 Å². The Kier molecular flexibility index (Phi) is 7.29. The number of benzene rings is 2. The van der Waals surface area contributed by atoms with Crippen LogP contribution >= 0.6 is 11.8 Å². The van der Waals surface area contributed by atoms with Gasteiger partial charge in [-0.3, -0.25) is 4.99 Å². The van der Waals surface area contributed by atoms with Gasteiger partial charge in [-0.05, 0) is 24.3 Å². The number of rotatable bonds is 7. The number of thioether (sulfide) groups is 1. The van der Waals surface area contributed by atoms with Crippen molar-refractivity contribution in [3.8, 4) is 11.5 Å². The number of ether oxygens (including phenoxy) is 2. The number of guanidine groups is 1. The minimum atomic E-state index is 0.678. The van der Waals surface area contributed by atoms with Crippen molar-refractivity contribution in [3.63, 3.8) is 0 Å². The average molecular weight is 345 g/mol. The average Bonchev–Trinajstić information content (AvgIpc) is 2.64. The van der Waals surface area contributed by atoms with Gasteiger partial charge in [-0.25, -0.2) is 0 Å². The van der Waals surface area contributed by atoms with Gasteiger partial charge in [-0.1, -0.05) is 18.2 Å². The maximum Gasteiger partial charge on any atom is 0.195 e. The molecule has 0 aliphatic carbocycles.